The molecule has 0 aromatic carbocycles. The lowest BCUT2D eigenvalue weighted by molar-refractivity contribution is -0.0467. The Hall–Kier alpha value is -1.56. The molecule has 0 aliphatic heterocycles. The van der Waals surface area contributed by atoms with Crippen molar-refractivity contribution in [3.05, 3.63) is 11.4 Å². The summed E-state index contributed by atoms with van der Waals surface area (Å²) in [5.74, 6) is 0. The second kappa shape index (κ2) is 4.85. The van der Waals surface area contributed by atoms with Gasteiger partial charge in [-0.25, -0.2) is 4.79 Å². The minimum absolute atomic E-state index is 0.209. The van der Waals surface area contributed by atoms with Gasteiger partial charge >= 0.3 is 6.03 Å². The maximum absolute atomic E-state index is 12.1. The Labute approximate surface area is 113 Å². The van der Waals surface area contributed by atoms with Crippen molar-refractivity contribution in [2.75, 3.05) is 18.9 Å². The normalized spacial score (nSPS) is 16.9. The van der Waals surface area contributed by atoms with E-state index in [4.69, 9.17) is 0 Å². The van der Waals surface area contributed by atoms with E-state index in [0.717, 1.165) is 36.3 Å². The molecule has 2 N–H and O–H groups in total. The molecule has 0 radical (unpaired) electrons. The fourth-order valence-electron chi connectivity index (χ4n) is 2.41. The molecule has 1 heterocycles. The van der Waals surface area contributed by atoms with Gasteiger partial charge in [-0.3, -0.25) is 4.68 Å². The van der Waals surface area contributed by atoms with Gasteiger partial charge in [0.15, 0.2) is 0 Å². The molecule has 0 unspecified atom stereocenters. The summed E-state index contributed by atoms with van der Waals surface area (Å²) in [7, 11) is 3.55. The molecule has 0 atom stereocenters. The predicted octanol–water partition coefficient (Wildman–Crippen LogP) is 1.42. The predicted molar refractivity (Wildman–Crippen MR) is 73.1 cm³/mol. The van der Waals surface area contributed by atoms with E-state index in [1.165, 1.54) is 4.90 Å². The Morgan fingerprint density at radius 2 is 2.16 bits per heavy atom. The summed E-state index contributed by atoms with van der Waals surface area (Å²) < 4.78 is 1.74. The first kappa shape index (κ1) is 13.9. The van der Waals surface area contributed by atoms with E-state index in [1.807, 2.05) is 20.9 Å². The zero-order valence-electron chi connectivity index (χ0n) is 12.0. The van der Waals surface area contributed by atoms with Crippen LogP contribution in [0, 0.1) is 13.8 Å². The number of aliphatic hydroxyl groups is 1. The zero-order valence-corrected chi connectivity index (χ0v) is 12.0. The average Bonchev–Trinajstić information content (AvgIpc) is 2.53. The number of hydrogen-bond donors (Lipinski definition) is 2. The van der Waals surface area contributed by atoms with E-state index < -0.39 is 5.60 Å². The standard InChI is InChI=1S/C13H22N4O2/c1-9-11(10(2)17(4)15-9)14-12(18)16(3)8-13(19)6-5-7-13/h19H,5-8H2,1-4H3,(H,14,18). The highest BCUT2D eigenvalue weighted by atomic mass is 16.3. The summed E-state index contributed by atoms with van der Waals surface area (Å²) in [5.41, 5.74) is 1.77. The van der Waals surface area contributed by atoms with Gasteiger partial charge in [-0.15, -0.1) is 0 Å². The van der Waals surface area contributed by atoms with E-state index >= 15 is 0 Å². The highest BCUT2D eigenvalue weighted by Crippen LogP contribution is 2.32. The van der Waals surface area contributed by atoms with Gasteiger partial charge in [-0.2, -0.15) is 5.10 Å². The summed E-state index contributed by atoms with van der Waals surface area (Å²) in [6.45, 7) is 4.15. The number of carbonyl (C=O) groups excluding carboxylic acids is 1. The summed E-state index contributed by atoms with van der Waals surface area (Å²) in [6.07, 6.45) is 2.58. The van der Waals surface area contributed by atoms with Crippen LogP contribution in [0.5, 0.6) is 0 Å². The van der Waals surface area contributed by atoms with Gasteiger partial charge in [0.25, 0.3) is 0 Å². The fraction of sp³-hybridized carbons (Fsp3) is 0.692. The lowest BCUT2D eigenvalue weighted by atomic mass is 9.80. The van der Waals surface area contributed by atoms with Crippen molar-refractivity contribution >= 4 is 11.7 Å². The fourth-order valence-corrected chi connectivity index (χ4v) is 2.41. The number of aryl methyl sites for hydroxylation is 2. The topological polar surface area (TPSA) is 70.4 Å². The molecule has 6 nitrogen and oxygen atoms in total. The molecule has 0 bridgehead atoms. The van der Waals surface area contributed by atoms with Crippen molar-refractivity contribution in [2.45, 2.75) is 38.7 Å². The van der Waals surface area contributed by atoms with Gasteiger partial charge in [-0.1, -0.05) is 0 Å². The maximum Gasteiger partial charge on any atom is 0.321 e. The molecule has 2 rings (SSSR count). The SMILES string of the molecule is Cc1nn(C)c(C)c1NC(=O)N(C)CC1(O)CCC1. The molecule has 6 heteroatoms. The molecule has 0 spiro atoms. The molecule has 0 saturated heterocycles. The van der Waals surface area contributed by atoms with E-state index in [9.17, 15) is 9.90 Å². The molecule has 1 fully saturated rings. The number of carbonyl (C=O) groups is 1. The Kier molecular flexibility index (Phi) is 3.54. The molecule has 1 aromatic heterocycles. The van der Waals surface area contributed by atoms with Gasteiger partial charge in [0.2, 0.25) is 0 Å². The molecule has 106 valence electrons. The molecule has 1 aliphatic rings. The van der Waals surface area contributed by atoms with Crippen LogP contribution in [0.25, 0.3) is 0 Å². The minimum atomic E-state index is -0.689. The highest BCUT2D eigenvalue weighted by Gasteiger charge is 2.36. The van der Waals surface area contributed by atoms with Crippen LogP contribution in [0.15, 0.2) is 0 Å². The number of amides is 2. The highest BCUT2D eigenvalue weighted by molar-refractivity contribution is 5.90. The van der Waals surface area contributed by atoms with Crippen LogP contribution >= 0.6 is 0 Å². The number of nitrogens with one attached hydrogen (secondary N) is 1. The van der Waals surface area contributed by atoms with Crippen molar-refractivity contribution in [2.24, 2.45) is 7.05 Å². The first-order valence-corrected chi connectivity index (χ1v) is 6.57. The van der Waals surface area contributed by atoms with Crippen molar-refractivity contribution < 1.29 is 9.90 Å². The van der Waals surface area contributed by atoms with E-state index in [-0.39, 0.29) is 6.03 Å². The van der Waals surface area contributed by atoms with Gasteiger partial charge in [0.05, 0.1) is 29.2 Å². The van der Waals surface area contributed by atoms with E-state index in [2.05, 4.69) is 10.4 Å². The van der Waals surface area contributed by atoms with E-state index in [0.29, 0.717) is 6.54 Å². The van der Waals surface area contributed by atoms with Crippen LogP contribution in [0.1, 0.15) is 30.7 Å². The van der Waals surface area contributed by atoms with Crippen molar-refractivity contribution in [1.82, 2.24) is 14.7 Å². The molecular weight excluding hydrogens is 244 g/mol. The summed E-state index contributed by atoms with van der Waals surface area (Å²) in [5, 5.41) is 17.2. The molecule has 19 heavy (non-hydrogen) atoms. The third-order valence-electron chi connectivity index (χ3n) is 3.90. The number of aromatic nitrogens is 2. The number of rotatable bonds is 3. The van der Waals surface area contributed by atoms with Crippen molar-refractivity contribution in [1.29, 1.82) is 0 Å². The number of nitrogens with zero attached hydrogens (tertiary/aromatic N) is 3. The van der Waals surface area contributed by atoms with Gasteiger partial charge in [0, 0.05) is 14.1 Å². The Bertz CT molecular complexity index is 491. The van der Waals surface area contributed by atoms with Crippen LogP contribution in [-0.2, 0) is 7.05 Å². The maximum atomic E-state index is 12.1. The van der Waals surface area contributed by atoms with Crippen molar-refractivity contribution in [3.63, 3.8) is 0 Å². The summed E-state index contributed by atoms with van der Waals surface area (Å²) in [6, 6.07) is -0.209. The lowest BCUT2D eigenvalue weighted by Crippen LogP contribution is -2.49. The minimum Gasteiger partial charge on any atom is -0.388 e. The number of urea groups is 1. The zero-order chi connectivity index (χ0) is 14.2. The Balaban J connectivity index is 2.00. The molecule has 1 aliphatic carbocycles. The summed E-state index contributed by atoms with van der Waals surface area (Å²) in [4.78, 5) is 13.6. The molecule has 1 saturated carbocycles. The second-order valence-electron chi connectivity index (χ2n) is 5.53. The molecular formula is C13H22N4O2. The number of likely N-dealkylation sites (N-methyl/N-ethyl adjacent to an activating group) is 1. The second-order valence-corrected chi connectivity index (χ2v) is 5.53. The largest absolute Gasteiger partial charge is 0.388 e. The monoisotopic (exact) mass is 266 g/mol. The van der Waals surface area contributed by atoms with Crippen LogP contribution in [0.2, 0.25) is 0 Å². The average molecular weight is 266 g/mol. The molecule has 1 aromatic rings. The Morgan fingerprint density at radius 3 is 2.58 bits per heavy atom. The van der Waals surface area contributed by atoms with Gasteiger partial charge < -0.3 is 15.3 Å². The van der Waals surface area contributed by atoms with Crippen LogP contribution in [-0.4, -0.2) is 45.0 Å². The van der Waals surface area contributed by atoms with E-state index in [1.54, 1.807) is 11.7 Å². The quantitative estimate of drug-likeness (QED) is 0.869. The first-order valence-electron chi connectivity index (χ1n) is 6.57. The smallest absolute Gasteiger partial charge is 0.321 e. The number of anilines is 1. The van der Waals surface area contributed by atoms with Crippen molar-refractivity contribution in [3.8, 4) is 0 Å². The lowest BCUT2D eigenvalue weighted by Gasteiger charge is -2.39. The van der Waals surface area contributed by atoms with Gasteiger partial charge in [0.1, 0.15) is 0 Å². The number of hydrogen-bond acceptors (Lipinski definition) is 3. The first-order chi connectivity index (χ1) is 8.82. The van der Waals surface area contributed by atoms with Gasteiger partial charge in [-0.05, 0) is 33.1 Å². The third kappa shape index (κ3) is 2.73. The van der Waals surface area contributed by atoms with Crippen LogP contribution < -0.4 is 5.32 Å². The third-order valence-corrected chi connectivity index (χ3v) is 3.90. The molecule has 2 amide bonds. The summed E-state index contributed by atoms with van der Waals surface area (Å²) >= 11 is 0. The Morgan fingerprint density at radius 1 is 1.53 bits per heavy atom. The van der Waals surface area contributed by atoms with Crippen LogP contribution in [0.3, 0.4) is 0 Å². The van der Waals surface area contributed by atoms with Crippen LogP contribution in [0.4, 0.5) is 10.5 Å².